The first-order valence-corrected chi connectivity index (χ1v) is 6.81. The lowest BCUT2D eigenvalue weighted by Crippen LogP contribution is -2.48. The molecule has 2 heteroatoms. The molecule has 1 nitrogen and oxygen atoms in total. The minimum atomic E-state index is 0.417. The van der Waals surface area contributed by atoms with Gasteiger partial charge >= 0.3 is 0 Å². The van der Waals surface area contributed by atoms with E-state index in [1.165, 1.54) is 25.0 Å². The molecule has 82 valence electrons. The molecule has 0 bridgehead atoms. The van der Waals surface area contributed by atoms with Crippen molar-refractivity contribution in [1.82, 2.24) is 5.32 Å². The van der Waals surface area contributed by atoms with Gasteiger partial charge in [0.15, 0.2) is 0 Å². The van der Waals surface area contributed by atoms with Crippen molar-refractivity contribution in [2.24, 2.45) is 11.3 Å². The van der Waals surface area contributed by atoms with Crippen molar-refractivity contribution < 1.29 is 0 Å². The number of hydrogen-bond donors (Lipinski definition) is 1. The second-order valence-corrected chi connectivity index (χ2v) is 7.61. The minimum Gasteiger partial charge on any atom is -0.299 e. The molecule has 1 saturated carbocycles. The molecule has 3 atom stereocenters. The highest BCUT2D eigenvalue weighted by Gasteiger charge is 2.46. The molecule has 2 aliphatic rings. The average molecular weight is 213 g/mol. The van der Waals surface area contributed by atoms with E-state index in [1.54, 1.807) is 0 Å². The summed E-state index contributed by atoms with van der Waals surface area (Å²) in [5.74, 6) is 2.17. The monoisotopic (exact) mass is 213 g/mol. The second kappa shape index (κ2) is 3.41. The molecular formula is C12H23NS. The fraction of sp³-hybridized carbons (Fsp3) is 1.00. The normalized spacial score (nSPS) is 47.1. The van der Waals surface area contributed by atoms with Gasteiger partial charge in [-0.25, -0.2) is 0 Å². The van der Waals surface area contributed by atoms with Gasteiger partial charge in [0.25, 0.3) is 0 Å². The highest BCUT2D eigenvalue weighted by molar-refractivity contribution is 8.00. The summed E-state index contributed by atoms with van der Waals surface area (Å²) in [7, 11) is 0. The highest BCUT2D eigenvalue weighted by atomic mass is 32.2. The number of thioether (sulfide) groups is 1. The highest BCUT2D eigenvalue weighted by Crippen LogP contribution is 2.51. The lowest BCUT2D eigenvalue weighted by molar-refractivity contribution is 0.135. The van der Waals surface area contributed by atoms with E-state index in [-0.39, 0.29) is 0 Å². The van der Waals surface area contributed by atoms with Gasteiger partial charge in [-0.2, -0.15) is 0 Å². The smallest absolute Gasteiger partial charge is 0.0655 e. The van der Waals surface area contributed by atoms with Crippen LogP contribution >= 0.6 is 11.8 Å². The Bertz CT molecular complexity index is 226. The van der Waals surface area contributed by atoms with Crippen LogP contribution in [0.5, 0.6) is 0 Å². The van der Waals surface area contributed by atoms with Crippen LogP contribution in [0.3, 0.4) is 0 Å². The van der Waals surface area contributed by atoms with Gasteiger partial charge in [0.1, 0.15) is 0 Å². The largest absolute Gasteiger partial charge is 0.299 e. The average Bonchev–Trinajstić information content (AvgIpc) is 2.26. The second-order valence-electron chi connectivity index (χ2n) is 6.21. The van der Waals surface area contributed by atoms with Crippen LogP contribution in [0.25, 0.3) is 0 Å². The van der Waals surface area contributed by atoms with Crippen LogP contribution in [0.15, 0.2) is 0 Å². The first-order chi connectivity index (χ1) is 6.41. The van der Waals surface area contributed by atoms with Crippen molar-refractivity contribution in [3.63, 3.8) is 0 Å². The van der Waals surface area contributed by atoms with Crippen molar-refractivity contribution in [2.45, 2.75) is 57.9 Å². The van der Waals surface area contributed by atoms with Gasteiger partial charge in [-0.3, -0.25) is 5.32 Å². The first kappa shape index (κ1) is 10.8. The Labute approximate surface area is 92.4 Å². The van der Waals surface area contributed by atoms with Crippen LogP contribution in [-0.4, -0.2) is 16.7 Å². The maximum atomic E-state index is 3.82. The van der Waals surface area contributed by atoms with Gasteiger partial charge in [-0.05, 0) is 37.5 Å². The Morgan fingerprint density at radius 1 is 1.21 bits per heavy atom. The quantitative estimate of drug-likeness (QED) is 0.663. The summed E-state index contributed by atoms with van der Waals surface area (Å²) < 4.78 is 0. The topological polar surface area (TPSA) is 12.0 Å². The fourth-order valence-corrected chi connectivity index (χ4v) is 5.36. The zero-order chi connectivity index (χ0) is 10.4. The number of rotatable bonds is 0. The zero-order valence-corrected chi connectivity index (χ0v) is 10.7. The van der Waals surface area contributed by atoms with E-state index in [1.807, 2.05) is 0 Å². The molecule has 1 heterocycles. The maximum absolute atomic E-state index is 3.82. The van der Waals surface area contributed by atoms with Crippen molar-refractivity contribution in [2.75, 3.05) is 5.75 Å². The van der Waals surface area contributed by atoms with Crippen molar-refractivity contribution in [1.29, 1.82) is 0 Å². The van der Waals surface area contributed by atoms with Crippen LogP contribution < -0.4 is 5.32 Å². The summed E-state index contributed by atoms with van der Waals surface area (Å²) in [6.07, 6.45) is 4.11. The summed E-state index contributed by atoms with van der Waals surface area (Å²) >= 11 is 2.17. The molecule has 0 aromatic heterocycles. The third kappa shape index (κ3) is 2.11. The molecule has 3 unspecified atom stereocenters. The minimum absolute atomic E-state index is 0.417. The predicted molar refractivity (Wildman–Crippen MR) is 64.6 cm³/mol. The number of nitrogens with one attached hydrogen (secondary N) is 1. The molecule has 14 heavy (non-hydrogen) atoms. The molecule has 0 aromatic carbocycles. The van der Waals surface area contributed by atoms with Gasteiger partial charge in [-0.1, -0.05) is 20.8 Å². The molecule has 1 aliphatic heterocycles. The van der Waals surface area contributed by atoms with Gasteiger partial charge in [0.2, 0.25) is 0 Å². The van der Waals surface area contributed by atoms with E-state index < -0.39 is 0 Å². The summed E-state index contributed by atoms with van der Waals surface area (Å²) in [4.78, 5) is 0.417. The van der Waals surface area contributed by atoms with Crippen LogP contribution in [0.4, 0.5) is 0 Å². The predicted octanol–water partition coefficient (Wildman–Crippen LogP) is 3.25. The zero-order valence-electron chi connectivity index (χ0n) is 9.89. The van der Waals surface area contributed by atoms with Gasteiger partial charge < -0.3 is 0 Å². The molecule has 0 amide bonds. The van der Waals surface area contributed by atoms with E-state index in [2.05, 4.69) is 44.8 Å². The standard InChI is InChI=1S/C12H23NS/c1-9-5-11(3,4)8-12(6-9)13-10(2)7-14-12/h9-10,13H,5-8H2,1-4H3. The van der Waals surface area contributed by atoms with E-state index in [9.17, 15) is 0 Å². The van der Waals surface area contributed by atoms with Crippen LogP contribution in [0.1, 0.15) is 47.0 Å². The summed E-state index contributed by atoms with van der Waals surface area (Å²) in [5, 5.41) is 3.82. The molecule has 2 rings (SSSR count). The van der Waals surface area contributed by atoms with Gasteiger partial charge in [0.05, 0.1) is 4.87 Å². The van der Waals surface area contributed by atoms with E-state index in [0.29, 0.717) is 16.3 Å². The lowest BCUT2D eigenvalue weighted by Gasteiger charge is -2.45. The van der Waals surface area contributed by atoms with E-state index in [0.717, 1.165) is 5.92 Å². The van der Waals surface area contributed by atoms with E-state index in [4.69, 9.17) is 0 Å². The molecule has 1 aliphatic carbocycles. The third-order valence-electron chi connectivity index (χ3n) is 3.46. The first-order valence-electron chi connectivity index (χ1n) is 5.83. The molecule has 1 spiro atoms. The van der Waals surface area contributed by atoms with Crippen LogP contribution in [0.2, 0.25) is 0 Å². The fourth-order valence-electron chi connectivity index (χ4n) is 3.53. The Morgan fingerprint density at radius 3 is 2.43 bits per heavy atom. The summed E-state index contributed by atoms with van der Waals surface area (Å²) in [6, 6.07) is 0.709. The number of hydrogen-bond acceptors (Lipinski definition) is 2. The lowest BCUT2D eigenvalue weighted by atomic mass is 9.70. The summed E-state index contributed by atoms with van der Waals surface area (Å²) in [6.45, 7) is 9.58. The Kier molecular flexibility index (Phi) is 2.64. The Hall–Kier alpha value is 0.310. The SMILES string of the molecule is CC1CC(C)(C)CC2(C1)NC(C)CS2. The van der Waals surface area contributed by atoms with E-state index >= 15 is 0 Å². The molecule has 0 aromatic rings. The molecule has 2 fully saturated rings. The molecule has 1 N–H and O–H groups in total. The van der Waals surface area contributed by atoms with Gasteiger partial charge in [-0.15, -0.1) is 11.8 Å². The molecule has 0 radical (unpaired) electrons. The van der Waals surface area contributed by atoms with Crippen molar-refractivity contribution in [3.05, 3.63) is 0 Å². The van der Waals surface area contributed by atoms with Crippen molar-refractivity contribution >= 4 is 11.8 Å². The molecular weight excluding hydrogens is 190 g/mol. The summed E-state index contributed by atoms with van der Waals surface area (Å²) in [5.41, 5.74) is 0.529. The molecule has 1 saturated heterocycles. The van der Waals surface area contributed by atoms with Gasteiger partial charge in [0, 0.05) is 11.8 Å². The Morgan fingerprint density at radius 2 is 1.93 bits per heavy atom. The van der Waals surface area contributed by atoms with Crippen molar-refractivity contribution in [3.8, 4) is 0 Å². The Balaban J connectivity index is 2.12. The maximum Gasteiger partial charge on any atom is 0.0655 e. The van der Waals surface area contributed by atoms with Crippen LogP contribution in [0, 0.1) is 11.3 Å². The van der Waals surface area contributed by atoms with Crippen LogP contribution in [-0.2, 0) is 0 Å². The third-order valence-corrected chi connectivity index (χ3v) is 5.11.